The lowest BCUT2D eigenvalue weighted by atomic mass is 9.95. The molecule has 0 fully saturated rings. The van der Waals surface area contributed by atoms with Gasteiger partial charge in [0.25, 0.3) is 0 Å². The molecule has 0 bridgehead atoms. The number of aryl methyl sites for hydroxylation is 1. The van der Waals surface area contributed by atoms with E-state index in [1.54, 1.807) is 23.1 Å². The summed E-state index contributed by atoms with van der Waals surface area (Å²) in [4.78, 5) is 24.8. The van der Waals surface area contributed by atoms with E-state index in [0.717, 1.165) is 51.8 Å². The first-order valence-electron chi connectivity index (χ1n) is 11.9. The number of carbonyl (C=O) groups is 1. The fourth-order valence-electron chi connectivity index (χ4n) is 4.01. The molecule has 0 aliphatic carbocycles. The molecule has 1 N–H and O–H groups in total. The zero-order valence-corrected chi connectivity index (χ0v) is 22.8. The Hall–Kier alpha value is -1.61. The molecular formula is C26H33N3O2S3. The predicted octanol–water partition coefficient (Wildman–Crippen LogP) is 6.27. The van der Waals surface area contributed by atoms with Crippen LogP contribution in [-0.2, 0) is 29.0 Å². The molecule has 5 nitrogen and oxygen atoms in total. The lowest BCUT2D eigenvalue weighted by molar-refractivity contribution is -0.119. The van der Waals surface area contributed by atoms with Gasteiger partial charge in [-0.25, -0.2) is 9.97 Å². The van der Waals surface area contributed by atoms with Gasteiger partial charge in [0.15, 0.2) is 5.16 Å². The molecule has 3 aromatic rings. The number of thiophene rings is 1. The quantitative estimate of drug-likeness (QED) is 0.195. The number of amides is 1. The molecule has 0 spiro atoms. The van der Waals surface area contributed by atoms with E-state index in [0.29, 0.717) is 12.4 Å². The Morgan fingerprint density at radius 2 is 2.03 bits per heavy atom. The van der Waals surface area contributed by atoms with E-state index in [1.807, 2.05) is 6.07 Å². The SMILES string of the molecule is CCCSc1nc(SCC(=O)NC(C)CCc2ccccc2)c2c3c(sc2n1)COC(C)(C)C3. The second kappa shape index (κ2) is 11.4. The molecule has 182 valence electrons. The van der Waals surface area contributed by atoms with Crippen molar-refractivity contribution < 1.29 is 9.53 Å². The van der Waals surface area contributed by atoms with E-state index in [2.05, 4.69) is 57.3 Å². The highest BCUT2D eigenvalue weighted by atomic mass is 32.2. The summed E-state index contributed by atoms with van der Waals surface area (Å²) in [6.45, 7) is 9.11. The van der Waals surface area contributed by atoms with Crippen molar-refractivity contribution in [2.75, 3.05) is 11.5 Å². The maximum absolute atomic E-state index is 12.8. The van der Waals surface area contributed by atoms with E-state index in [4.69, 9.17) is 14.7 Å². The van der Waals surface area contributed by atoms with E-state index in [-0.39, 0.29) is 17.6 Å². The fraction of sp³-hybridized carbons (Fsp3) is 0.500. The maximum atomic E-state index is 12.8. The minimum absolute atomic E-state index is 0.0489. The van der Waals surface area contributed by atoms with Crippen molar-refractivity contribution in [2.24, 2.45) is 0 Å². The molecule has 1 amide bonds. The van der Waals surface area contributed by atoms with Crippen molar-refractivity contribution in [1.82, 2.24) is 15.3 Å². The zero-order valence-electron chi connectivity index (χ0n) is 20.3. The Balaban J connectivity index is 1.46. The van der Waals surface area contributed by atoms with Gasteiger partial charge in [-0.05, 0) is 51.2 Å². The summed E-state index contributed by atoms with van der Waals surface area (Å²) >= 11 is 4.92. The predicted molar refractivity (Wildman–Crippen MR) is 144 cm³/mol. The Labute approximate surface area is 214 Å². The van der Waals surface area contributed by atoms with Crippen LogP contribution < -0.4 is 5.32 Å². The van der Waals surface area contributed by atoms with Crippen LogP contribution in [0.1, 0.15) is 56.5 Å². The lowest BCUT2D eigenvalue weighted by Crippen LogP contribution is -2.34. The van der Waals surface area contributed by atoms with Crippen LogP contribution >= 0.6 is 34.9 Å². The van der Waals surface area contributed by atoms with Crippen molar-refractivity contribution in [3.05, 3.63) is 46.3 Å². The molecule has 0 saturated heterocycles. The average molecular weight is 516 g/mol. The smallest absolute Gasteiger partial charge is 0.230 e. The van der Waals surface area contributed by atoms with Crippen molar-refractivity contribution in [1.29, 1.82) is 0 Å². The third-order valence-corrected chi connectivity index (χ3v) is 8.90. The summed E-state index contributed by atoms with van der Waals surface area (Å²) in [5, 5.41) is 6.00. The number of nitrogens with zero attached hydrogens (tertiary/aromatic N) is 2. The van der Waals surface area contributed by atoms with Gasteiger partial charge in [-0.1, -0.05) is 60.8 Å². The van der Waals surface area contributed by atoms with Gasteiger partial charge in [0.2, 0.25) is 5.91 Å². The highest BCUT2D eigenvalue weighted by Crippen LogP contribution is 2.42. The molecule has 1 aliphatic rings. The first-order chi connectivity index (χ1) is 16.3. The number of hydrogen-bond donors (Lipinski definition) is 1. The summed E-state index contributed by atoms with van der Waals surface area (Å²) in [6.07, 6.45) is 3.78. The van der Waals surface area contributed by atoms with Crippen LogP contribution in [0.2, 0.25) is 0 Å². The van der Waals surface area contributed by atoms with Crippen LogP contribution in [-0.4, -0.2) is 39.0 Å². The Morgan fingerprint density at radius 1 is 1.24 bits per heavy atom. The number of fused-ring (bicyclic) bond motifs is 3. The molecule has 0 radical (unpaired) electrons. The van der Waals surface area contributed by atoms with Crippen LogP contribution in [0.3, 0.4) is 0 Å². The summed E-state index contributed by atoms with van der Waals surface area (Å²) in [7, 11) is 0. The van der Waals surface area contributed by atoms with E-state index in [9.17, 15) is 4.79 Å². The van der Waals surface area contributed by atoms with E-state index in [1.165, 1.54) is 27.8 Å². The zero-order chi connectivity index (χ0) is 24.1. The summed E-state index contributed by atoms with van der Waals surface area (Å²) in [6, 6.07) is 10.5. The molecular weight excluding hydrogens is 483 g/mol. The molecule has 1 aliphatic heterocycles. The fourth-order valence-corrected chi connectivity index (χ4v) is 6.85. The van der Waals surface area contributed by atoms with Crippen LogP contribution in [0.25, 0.3) is 10.2 Å². The molecule has 3 heterocycles. The third-order valence-electron chi connectivity index (χ3n) is 5.77. The van der Waals surface area contributed by atoms with Crippen LogP contribution in [0.4, 0.5) is 0 Å². The average Bonchev–Trinajstić information content (AvgIpc) is 3.17. The summed E-state index contributed by atoms with van der Waals surface area (Å²) in [5.41, 5.74) is 2.39. The molecule has 8 heteroatoms. The monoisotopic (exact) mass is 515 g/mol. The van der Waals surface area contributed by atoms with Gasteiger partial charge in [-0.2, -0.15) is 0 Å². The van der Waals surface area contributed by atoms with Gasteiger partial charge in [0, 0.05) is 28.5 Å². The molecule has 2 aromatic heterocycles. The van der Waals surface area contributed by atoms with E-state index >= 15 is 0 Å². The molecule has 34 heavy (non-hydrogen) atoms. The second-order valence-corrected chi connectivity index (χ2v) is 12.5. The van der Waals surface area contributed by atoms with Crippen molar-refractivity contribution in [3.63, 3.8) is 0 Å². The Kier molecular flexibility index (Phi) is 8.56. The number of nitrogens with one attached hydrogen (secondary N) is 1. The van der Waals surface area contributed by atoms with Gasteiger partial charge in [0.1, 0.15) is 9.86 Å². The normalized spacial score (nSPS) is 15.8. The Bertz CT molecular complexity index is 1130. The van der Waals surface area contributed by atoms with Crippen LogP contribution in [0, 0.1) is 0 Å². The number of aromatic nitrogens is 2. The van der Waals surface area contributed by atoms with Crippen LogP contribution in [0.15, 0.2) is 40.5 Å². The lowest BCUT2D eigenvalue weighted by Gasteiger charge is -2.30. The number of benzene rings is 1. The topological polar surface area (TPSA) is 64.1 Å². The first kappa shape index (κ1) is 25.5. The number of hydrogen-bond acceptors (Lipinski definition) is 7. The summed E-state index contributed by atoms with van der Waals surface area (Å²) in [5.74, 6) is 1.38. The molecule has 0 saturated carbocycles. The second-order valence-electron chi connectivity index (χ2n) is 9.35. The van der Waals surface area contributed by atoms with Gasteiger partial charge >= 0.3 is 0 Å². The molecule has 1 aromatic carbocycles. The molecule has 1 atom stereocenters. The van der Waals surface area contributed by atoms with E-state index < -0.39 is 0 Å². The minimum atomic E-state index is -0.204. The first-order valence-corrected chi connectivity index (χ1v) is 14.7. The van der Waals surface area contributed by atoms with Gasteiger partial charge in [0.05, 0.1) is 18.0 Å². The van der Waals surface area contributed by atoms with Crippen LogP contribution in [0.5, 0.6) is 0 Å². The number of carbonyl (C=O) groups excluding carboxylic acids is 1. The Morgan fingerprint density at radius 3 is 2.79 bits per heavy atom. The van der Waals surface area contributed by atoms with Crippen molar-refractivity contribution in [3.8, 4) is 0 Å². The third kappa shape index (κ3) is 6.53. The maximum Gasteiger partial charge on any atom is 0.230 e. The van der Waals surface area contributed by atoms with Gasteiger partial charge < -0.3 is 10.1 Å². The summed E-state index contributed by atoms with van der Waals surface area (Å²) < 4.78 is 6.04. The highest BCUT2D eigenvalue weighted by Gasteiger charge is 2.31. The molecule has 4 rings (SSSR count). The van der Waals surface area contributed by atoms with Gasteiger partial charge in [-0.3, -0.25) is 4.79 Å². The van der Waals surface area contributed by atoms with Crippen molar-refractivity contribution >= 4 is 51.0 Å². The number of ether oxygens (including phenoxy) is 1. The highest BCUT2D eigenvalue weighted by molar-refractivity contribution is 8.00. The minimum Gasteiger partial charge on any atom is -0.370 e. The van der Waals surface area contributed by atoms with Gasteiger partial charge in [-0.15, -0.1) is 11.3 Å². The molecule has 1 unspecified atom stereocenters. The number of thioether (sulfide) groups is 2. The standard InChI is InChI=1S/C26H33N3O2S3/c1-5-13-32-25-28-23(22-19-14-26(3,4)31-15-20(19)34-24(22)29-25)33-16-21(30)27-17(2)11-12-18-9-7-6-8-10-18/h6-10,17H,5,11-16H2,1-4H3,(H,27,30). The largest absolute Gasteiger partial charge is 0.370 e. The number of rotatable bonds is 10. The van der Waals surface area contributed by atoms with Crippen molar-refractivity contribution in [2.45, 2.75) is 81.8 Å².